The Labute approximate surface area is 132 Å². The third-order valence-corrected chi connectivity index (χ3v) is 4.77. The molecule has 0 bridgehead atoms. The quantitative estimate of drug-likeness (QED) is 0.851. The summed E-state index contributed by atoms with van der Waals surface area (Å²) in [6.45, 7) is 0.748. The molecule has 1 aliphatic rings. The van der Waals surface area contributed by atoms with Gasteiger partial charge in [-0.05, 0) is 17.7 Å². The van der Waals surface area contributed by atoms with Crippen LogP contribution in [-0.2, 0) is 6.42 Å². The molecule has 118 valence electrons. The van der Waals surface area contributed by atoms with E-state index in [4.69, 9.17) is 4.74 Å². The van der Waals surface area contributed by atoms with Gasteiger partial charge in [-0.25, -0.2) is 13.8 Å². The van der Waals surface area contributed by atoms with Crippen LogP contribution in [0.5, 0.6) is 5.75 Å². The maximum Gasteiger partial charge on any atom is 0.251 e. The molecule has 0 N–H and O–H groups in total. The van der Waals surface area contributed by atoms with E-state index in [0.29, 0.717) is 13.1 Å². The van der Waals surface area contributed by atoms with Crippen molar-refractivity contribution in [2.24, 2.45) is 0 Å². The van der Waals surface area contributed by atoms with Gasteiger partial charge in [0.05, 0.1) is 12.8 Å². The lowest BCUT2D eigenvalue weighted by atomic mass is 10.1. The summed E-state index contributed by atoms with van der Waals surface area (Å²) in [5.41, 5.74) is 2.09. The van der Waals surface area contributed by atoms with Gasteiger partial charge < -0.3 is 9.64 Å². The van der Waals surface area contributed by atoms with Crippen molar-refractivity contribution in [3.8, 4) is 5.75 Å². The van der Waals surface area contributed by atoms with Gasteiger partial charge in [-0.2, -0.15) is 0 Å². The first-order valence-electron chi connectivity index (χ1n) is 7.26. The lowest BCUT2D eigenvalue weighted by Crippen LogP contribution is -2.39. The van der Waals surface area contributed by atoms with E-state index in [0.717, 1.165) is 28.6 Å². The van der Waals surface area contributed by atoms with E-state index in [1.807, 2.05) is 34.5 Å². The summed E-state index contributed by atoms with van der Waals surface area (Å²) >= 11 is 1.52. The highest BCUT2D eigenvalue weighted by Gasteiger charge is 2.34. The Kier molecular flexibility index (Phi) is 4.29. The van der Waals surface area contributed by atoms with Crippen LogP contribution in [0.3, 0.4) is 0 Å². The molecule has 0 atom stereocenters. The molecule has 1 aliphatic heterocycles. The molecule has 2 aromatic rings. The molecule has 1 aromatic heterocycles. The number of anilines is 1. The van der Waals surface area contributed by atoms with E-state index < -0.39 is 5.92 Å². The number of nitrogens with zero attached hydrogens (tertiary/aromatic N) is 2. The van der Waals surface area contributed by atoms with Gasteiger partial charge >= 0.3 is 0 Å². The average molecular weight is 324 g/mol. The highest BCUT2D eigenvalue weighted by Crippen LogP contribution is 2.32. The third kappa shape index (κ3) is 3.55. The van der Waals surface area contributed by atoms with Crippen molar-refractivity contribution in [3.05, 3.63) is 40.9 Å². The number of alkyl halides is 2. The molecule has 0 unspecified atom stereocenters. The summed E-state index contributed by atoms with van der Waals surface area (Å²) in [5.74, 6) is -1.69. The van der Waals surface area contributed by atoms with Crippen molar-refractivity contribution >= 4 is 16.5 Å². The lowest BCUT2D eigenvalue weighted by Gasteiger charge is -2.31. The first-order chi connectivity index (χ1) is 10.6. The molecular formula is C16H18F2N2OS. The van der Waals surface area contributed by atoms with Gasteiger partial charge in [-0.1, -0.05) is 12.1 Å². The van der Waals surface area contributed by atoms with Gasteiger partial charge in [0.25, 0.3) is 5.92 Å². The Morgan fingerprint density at radius 2 is 2.09 bits per heavy atom. The molecule has 1 fully saturated rings. The maximum atomic E-state index is 13.2. The van der Waals surface area contributed by atoms with Crippen molar-refractivity contribution in [3.63, 3.8) is 0 Å². The van der Waals surface area contributed by atoms with Crippen LogP contribution in [0.2, 0.25) is 0 Å². The first kappa shape index (κ1) is 15.2. The van der Waals surface area contributed by atoms with Crippen molar-refractivity contribution in [1.82, 2.24) is 4.98 Å². The topological polar surface area (TPSA) is 25.4 Å². The molecule has 0 spiro atoms. The number of methoxy groups -OCH3 is 1. The smallest absolute Gasteiger partial charge is 0.251 e. The van der Waals surface area contributed by atoms with E-state index in [-0.39, 0.29) is 12.8 Å². The molecule has 0 radical (unpaired) electrons. The zero-order valence-electron chi connectivity index (χ0n) is 12.4. The molecule has 0 aliphatic carbocycles. The monoisotopic (exact) mass is 324 g/mol. The fraction of sp³-hybridized carbons (Fsp3) is 0.438. The first-order valence-corrected chi connectivity index (χ1v) is 8.14. The molecular weight excluding hydrogens is 306 g/mol. The second-order valence-electron chi connectivity index (χ2n) is 5.49. The summed E-state index contributed by atoms with van der Waals surface area (Å²) in [6, 6.07) is 7.88. The Morgan fingerprint density at radius 3 is 2.82 bits per heavy atom. The van der Waals surface area contributed by atoms with Crippen LogP contribution in [0.4, 0.5) is 13.9 Å². The Hall–Kier alpha value is -1.69. The Morgan fingerprint density at radius 1 is 1.32 bits per heavy atom. The van der Waals surface area contributed by atoms with Crippen molar-refractivity contribution in [2.45, 2.75) is 25.2 Å². The van der Waals surface area contributed by atoms with E-state index in [1.165, 1.54) is 11.3 Å². The molecule has 1 saturated heterocycles. The zero-order chi connectivity index (χ0) is 15.6. The van der Waals surface area contributed by atoms with Gasteiger partial charge in [-0.15, -0.1) is 11.3 Å². The molecule has 0 saturated carbocycles. The van der Waals surface area contributed by atoms with Crippen molar-refractivity contribution < 1.29 is 13.5 Å². The molecule has 1 aromatic carbocycles. The minimum Gasteiger partial charge on any atom is -0.497 e. The largest absolute Gasteiger partial charge is 0.497 e. The number of aromatic nitrogens is 1. The van der Waals surface area contributed by atoms with Crippen LogP contribution in [0.1, 0.15) is 24.1 Å². The Balaban J connectivity index is 1.66. The summed E-state index contributed by atoms with van der Waals surface area (Å²) in [5, 5.41) is 2.84. The fourth-order valence-corrected chi connectivity index (χ4v) is 3.42. The number of ether oxygens (including phenoxy) is 1. The maximum absolute atomic E-state index is 13.2. The minimum absolute atomic E-state index is 0.0855. The predicted octanol–water partition coefficient (Wildman–Crippen LogP) is 3.98. The van der Waals surface area contributed by atoms with E-state index in [9.17, 15) is 8.78 Å². The van der Waals surface area contributed by atoms with Crippen LogP contribution in [0.15, 0.2) is 29.6 Å². The highest BCUT2D eigenvalue weighted by molar-refractivity contribution is 7.13. The number of halogens is 2. The van der Waals surface area contributed by atoms with Gasteiger partial charge in [-0.3, -0.25) is 0 Å². The third-order valence-electron chi connectivity index (χ3n) is 3.82. The van der Waals surface area contributed by atoms with E-state index in [1.54, 1.807) is 7.11 Å². The van der Waals surface area contributed by atoms with Crippen LogP contribution < -0.4 is 9.64 Å². The van der Waals surface area contributed by atoms with E-state index in [2.05, 4.69) is 4.98 Å². The lowest BCUT2D eigenvalue weighted by molar-refractivity contribution is -0.0220. The van der Waals surface area contributed by atoms with Crippen LogP contribution in [0.25, 0.3) is 0 Å². The minimum atomic E-state index is -2.52. The van der Waals surface area contributed by atoms with Gasteiger partial charge in [0.1, 0.15) is 5.75 Å². The SMILES string of the molecule is COc1cccc(Cc2csc(N3CCC(F)(F)CC3)n2)c1. The Bertz CT molecular complexity index is 635. The average Bonchev–Trinajstić information content (AvgIpc) is 2.96. The van der Waals surface area contributed by atoms with Gasteiger partial charge in [0.2, 0.25) is 0 Å². The molecule has 22 heavy (non-hydrogen) atoms. The highest BCUT2D eigenvalue weighted by atomic mass is 32.1. The molecule has 0 amide bonds. The molecule has 3 rings (SSSR count). The molecule has 3 nitrogen and oxygen atoms in total. The summed E-state index contributed by atoms with van der Waals surface area (Å²) in [4.78, 5) is 6.55. The second-order valence-corrected chi connectivity index (χ2v) is 6.33. The fourth-order valence-electron chi connectivity index (χ4n) is 2.54. The van der Waals surface area contributed by atoms with Crippen LogP contribution in [-0.4, -0.2) is 31.1 Å². The van der Waals surface area contributed by atoms with Crippen LogP contribution >= 0.6 is 11.3 Å². The number of hydrogen-bond donors (Lipinski definition) is 0. The zero-order valence-corrected chi connectivity index (χ0v) is 13.2. The number of piperidine rings is 1. The van der Waals surface area contributed by atoms with Gasteiger partial charge in [0.15, 0.2) is 5.13 Å². The summed E-state index contributed by atoms with van der Waals surface area (Å²) in [7, 11) is 1.65. The number of hydrogen-bond acceptors (Lipinski definition) is 4. The van der Waals surface area contributed by atoms with Gasteiger partial charge in [0, 0.05) is 37.7 Å². The number of thiazole rings is 1. The number of benzene rings is 1. The second kappa shape index (κ2) is 6.20. The molecule has 2 heterocycles. The predicted molar refractivity (Wildman–Crippen MR) is 84.3 cm³/mol. The summed E-state index contributed by atoms with van der Waals surface area (Å²) in [6.07, 6.45) is 0.549. The van der Waals surface area contributed by atoms with Crippen molar-refractivity contribution in [2.75, 3.05) is 25.1 Å². The number of rotatable bonds is 4. The van der Waals surface area contributed by atoms with E-state index >= 15 is 0 Å². The van der Waals surface area contributed by atoms with Crippen molar-refractivity contribution in [1.29, 1.82) is 0 Å². The van der Waals surface area contributed by atoms with Crippen LogP contribution in [0, 0.1) is 0 Å². The summed E-state index contributed by atoms with van der Waals surface area (Å²) < 4.78 is 31.6. The standard InChI is InChI=1S/C16H18F2N2OS/c1-21-14-4-2-3-12(10-14)9-13-11-22-15(19-13)20-7-5-16(17,18)6-8-20/h2-4,10-11H,5-9H2,1H3. The molecule has 6 heteroatoms. The normalized spacial score (nSPS) is 17.5.